The van der Waals surface area contributed by atoms with Gasteiger partial charge in [-0.1, -0.05) is 12.1 Å². The van der Waals surface area contributed by atoms with Gasteiger partial charge < -0.3 is 9.47 Å². The van der Waals surface area contributed by atoms with E-state index in [-0.39, 0.29) is 6.61 Å². The van der Waals surface area contributed by atoms with Crippen molar-refractivity contribution >= 4 is 6.47 Å². The average molecular weight is 297 g/mol. The minimum Gasteiger partial charge on any atom is -0.457 e. The number of aryl methyl sites for hydroxylation is 1. The molecule has 1 radical (unpaired) electrons. The van der Waals surface area contributed by atoms with Crippen molar-refractivity contribution in [2.75, 3.05) is 6.61 Å². The molecule has 3 nitrogen and oxygen atoms in total. The third-order valence-electron chi connectivity index (χ3n) is 2.25. The fourth-order valence-electron chi connectivity index (χ4n) is 1.36. The molecule has 0 atom stereocenters. The van der Waals surface area contributed by atoms with Crippen LogP contribution in [0.2, 0.25) is 0 Å². The molecule has 0 heterocycles. The Morgan fingerprint density at radius 1 is 1.15 bits per heavy atom. The first kappa shape index (κ1) is 16.2. The van der Waals surface area contributed by atoms with Crippen LogP contribution in [0.3, 0.4) is 0 Å². The molecular formula is C12H10F5O3. The van der Waals surface area contributed by atoms with Crippen LogP contribution >= 0.6 is 0 Å². The normalized spacial score (nSPS) is 12.1. The van der Waals surface area contributed by atoms with Gasteiger partial charge in [-0.15, -0.1) is 0 Å². The molecule has 0 N–H and O–H groups in total. The van der Waals surface area contributed by atoms with Crippen molar-refractivity contribution in [3.63, 3.8) is 0 Å². The van der Waals surface area contributed by atoms with Crippen molar-refractivity contribution in [1.29, 1.82) is 0 Å². The standard InChI is InChI=1S/C12H10F5O3/c13-11(14,15)12(16,17)20-10-5-1-3-9(7-10)4-2-6-19-8-18/h1,3,5,7H,2,4,6H2. The smallest absolute Gasteiger partial charge is 0.457 e. The lowest BCUT2D eigenvalue weighted by Gasteiger charge is -2.20. The van der Waals surface area contributed by atoms with Crippen molar-refractivity contribution in [3.8, 4) is 5.75 Å². The first-order valence-electron chi connectivity index (χ1n) is 5.48. The number of carbonyl (C=O) groups excluding carboxylic acids is 1. The number of alkyl halides is 5. The summed E-state index contributed by atoms with van der Waals surface area (Å²) in [6, 6.07) is 4.90. The molecule has 0 saturated carbocycles. The lowest BCUT2D eigenvalue weighted by atomic mass is 10.1. The van der Waals surface area contributed by atoms with E-state index in [0.717, 1.165) is 12.1 Å². The third-order valence-corrected chi connectivity index (χ3v) is 2.25. The number of hydrogen-bond donors (Lipinski definition) is 0. The van der Waals surface area contributed by atoms with Crippen molar-refractivity contribution in [2.45, 2.75) is 25.1 Å². The minimum atomic E-state index is -5.78. The van der Waals surface area contributed by atoms with Crippen LogP contribution in [0.25, 0.3) is 0 Å². The van der Waals surface area contributed by atoms with Gasteiger partial charge >= 0.3 is 18.8 Å². The fraction of sp³-hybridized carbons (Fsp3) is 0.417. The van der Waals surface area contributed by atoms with Gasteiger partial charge in [-0.3, -0.25) is 0 Å². The molecule has 0 aliphatic carbocycles. The quantitative estimate of drug-likeness (QED) is 0.572. The molecule has 0 aromatic heterocycles. The lowest BCUT2D eigenvalue weighted by molar-refractivity contribution is -0.360. The van der Waals surface area contributed by atoms with Gasteiger partial charge in [0.1, 0.15) is 5.75 Å². The predicted octanol–water partition coefficient (Wildman–Crippen LogP) is 3.24. The van der Waals surface area contributed by atoms with Crippen molar-refractivity contribution in [2.24, 2.45) is 0 Å². The van der Waals surface area contributed by atoms with Gasteiger partial charge in [0.05, 0.1) is 6.61 Å². The van der Waals surface area contributed by atoms with Crippen molar-refractivity contribution in [3.05, 3.63) is 29.8 Å². The van der Waals surface area contributed by atoms with E-state index in [1.165, 1.54) is 18.6 Å². The topological polar surface area (TPSA) is 35.5 Å². The van der Waals surface area contributed by atoms with Crippen molar-refractivity contribution < 1.29 is 36.2 Å². The first-order chi connectivity index (χ1) is 9.26. The molecule has 0 saturated heterocycles. The van der Waals surface area contributed by atoms with Crippen LogP contribution in [0.5, 0.6) is 5.75 Å². The van der Waals surface area contributed by atoms with Crippen molar-refractivity contribution in [1.82, 2.24) is 0 Å². The zero-order valence-electron chi connectivity index (χ0n) is 10.0. The molecule has 20 heavy (non-hydrogen) atoms. The van der Waals surface area contributed by atoms with E-state index in [1.54, 1.807) is 0 Å². The Bertz CT molecular complexity index is 445. The molecule has 0 amide bonds. The maximum Gasteiger partial charge on any atom is 0.499 e. The van der Waals surface area contributed by atoms with E-state index in [0.29, 0.717) is 18.4 Å². The van der Waals surface area contributed by atoms with Crippen LogP contribution in [0.1, 0.15) is 12.0 Å². The average Bonchev–Trinajstić information content (AvgIpc) is 2.33. The summed E-state index contributed by atoms with van der Waals surface area (Å²) in [6.07, 6.45) is -10.3. The van der Waals surface area contributed by atoms with E-state index in [4.69, 9.17) is 0 Å². The summed E-state index contributed by atoms with van der Waals surface area (Å²) >= 11 is 0. The molecule has 0 bridgehead atoms. The summed E-state index contributed by atoms with van der Waals surface area (Å²) in [4.78, 5) is 9.76. The van der Waals surface area contributed by atoms with E-state index in [1.807, 2.05) is 0 Å². The Labute approximate surface area is 111 Å². The number of ether oxygens (including phenoxy) is 2. The summed E-state index contributed by atoms with van der Waals surface area (Å²) in [5.74, 6) is -0.590. The Kier molecular flexibility index (Phi) is 5.29. The second kappa shape index (κ2) is 6.53. The molecule has 8 heteroatoms. The van der Waals surface area contributed by atoms with Crippen LogP contribution in [-0.2, 0) is 16.0 Å². The van der Waals surface area contributed by atoms with Crippen LogP contribution in [0.15, 0.2) is 24.3 Å². The summed E-state index contributed by atoms with van der Waals surface area (Å²) in [7, 11) is 0. The van der Waals surface area contributed by atoms with Gasteiger partial charge in [0.25, 0.3) is 0 Å². The molecule has 0 aliphatic rings. The van der Waals surface area contributed by atoms with Gasteiger partial charge in [0.15, 0.2) is 0 Å². The van der Waals surface area contributed by atoms with Crippen LogP contribution in [-0.4, -0.2) is 25.4 Å². The molecule has 111 valence electrons. The molecule has 0 fully saturated rings. The van der Waals surface area contributed by atoms with E-state index < -0.39 is 18.0 Å². The number of rotatable bonds is 7. The highest BCUT2D eigenvalue weighted by Crippen LogP contribution is 2.37. The van der Waals surface area contributed by atoms with Gasteiger partial charge in [0.2, 0.25) is 0 Å². The molecule has 1 aromatic rings. The monoisotopic (exact) mass is 297 g/mol. The third kappa shape index (κ3) is 4.67. The van der Waals surface area contributed by atoms with E-state index in [9.17, 15) is 26.7 Å². The first-order valence-corrected chi connectivity index (χ1v) is 5.48. The highest BCUT2D eigenvalue weighted by atomic mass is 19.4. The maximum atomic E-state index is 12.7. The zero-order chi connectivity index (χ0) is 15.2. The maximum absolute atomic E-state index is 12.7. The van der Waals surface area contributed by atoms with Gasteiger partial charge in [0, 0.05) is 0 Å². The largest absolute Gasteiger partial charge is 0.499 e. The van der Waals surface area contributed by atoms with Crippen LogP contribution in [0.4, 0.5) is 22.0 Å². The summed E-state index contributed by atoms with van der Waals surface area (Å²) in [6.45, 7) is 1.29. The Morgan fingerprint density at radius 2 is 1.85 bits per heavy atom. The summed E-state index contributed by atoms with van der Waals surface area (Å²) < 4.78 is 69.3. The van der Waals surface area contributed by atoms with E-state index >= 15 is 0 Å². The molecule has 1 aromatic carbocycles. The Hall–Kier alpha value is -1.86. The summed E-state index contributed by atoms with van der Waals surface area (Å²) in [5, 5.41) is 0. The highest BCUT2D eigenvalue weighted by Gasteiger charge is 2.61. The van der Waals surface area contributed by atoms with Gasteiger partial charge in [-0.25, -0.2) is 4.79 Å². The second-order valence-electron chi connectivity index (χ2n) is 3.80. The lowest BCUT2D eigenvalue weighted by Crippen LogP contribution is -2.41. The number of hydrogen-bond acceptors (Lipinski definition) is 3. The van der Waals surface area contributed by atoms with E-state index in [2.05, 4.69) is 9.47 Å². The fourth-order valence-corrected chi connectivity index (χ4v) is 1.36. The molecule has 0 aliphatic heterocycles. The molecule has 1 rings (SSSR count). The SMILES string of the molecule is O=[C]OCCCc1cccc(OC(F)(F)C(F)(F)F)c1. The Morgan fingerprint density at radius 3 is 2.45 bits per heavy atom. The van der Waals surface area contributed by atoms with Gasteiger partial charge in [-0.05, 0) is 30.5 Å². The molecular weight excluding hydrogens is 287 g/mol. The zero-order valence-corrected chi connectivity index (χ0v) is 10.0. The number of benzene rings is 1. The number of halogens is 5. The highest BCUT2D eigenvalue weighted by molar-refractivity contribution is 5.38. The minimum absolute atomic E-state index is 0.0767. The molecule has 0 spiro atoms. The second-order valence-corrected chi connectivity index (χ2v) is 3.80. The van der Waals surface area contributed by atoms with Crippen LogP contribution in [0, 0.1) is 0 Å². The van der Waals surface area contributed by atoms with Gasteiger partial charge in [-0.2, -0.15) is 22.0 Å². The van der Waals surface area contributed by atoms with Crippen LogP contribution < -0.4 is 4.74 Å². The predicted molar refractivity (Wildman–Crippen MR) is 58.0 cm³/mol. The summed E-state index contributed by atoms with van der Waals surface area (Å²) in [5.41, 5.74) is 0.481. The Balaban J connectivity index is 2.66. The molecule has 0 unspecified atom stereocenters.